The van der Waals surface area contributed by atoms with Crippen LogP contribution in [0.5, 0.6) is 11.5 Å². The van der Waals surface area contributed by atoms with Crippen molar-refractivity contribution in [3.63, 3.8) is 0 Å². The Morgan fingerprint density at radius 3 is 2.32 bits per heavy atom. The van der Waals surface area contributed by atoms with Gasteiger partial charge in [-0.2, -0.15) is 0 Å². The minimum atomic E-state index is -1.23. The largest absolute Gasteiger partial charge is 0.497 e. The summed E-state index contributed by atoms with van der Waals surface area (Å²) in [7, 11) is 3.20. The van der Waals surface area contributed by atoms with E-state index in [0.29, 0.717) is 37.4 Å². The van der Waals surface area contributed by atoms with Crippen LogP contribution in [0.2, 0.25) is 0 Å². The lowest BCUT2D eigenvalue weighted by Gasteiger charge is -2.43. The van der Waals surface area contributed by atoms with Crippen molar-refractivity contribution in [1.29, 1.82) is 0 Å². The van der Waals surface area contributed by atoms with Crippen LogP contribution in [0.15, 0.2) is 48.5 Å². The first-order valence-electron chi connectivity index (χ1n) is 9.36. The van der Waals surface area contributed by atoms with E-state index in [1.54, 1.807) is 20.3 Å². The van der Waals surface area contributed by atoms with Gasteiger partial charge in [0.15, 0.2) is 0 Å². The van der Waals surface area contributed by atoms with Gasteiger partial charge in [0.1, 0.15) is 16.9 Å². The number of likely N-dealkylation sites (tertiary alicyclic amines) is 1. The predicted molar refractivity (Wildman–Crippen MR) is 106 cm³/mol. The number of carboxylic acid groups (broad SMARTS) is 1. The molecule has 0 aliphatic carbocycles. The van der Waals surface area contributed by atoms with Crippen molar-refractivity contribution >= 4 is 5.97 Å². The minimum absolute atomic E-state index is 0.276. The number of piperidine rings is 1. The van der Waals surface area contributed by atoms with Crippen LogP contribution in [-0.4, -0.2) is 54.5 Å². The topological polar surface area (TPSA) is 79.2 Å². The van der Waals surface area contributed by atoms with Gasteiger partial charge in [-0.3, -0.25) is 9.69 Å². The van der Waals surface area contributed by atoms with Crippen molar-refractivity contribution in [2.24, 2.45) is 5.41 Å². The Kier molecular flexibility index (Phi) is 6.21. The molecular weight excluding hydrogens is 358 g/mol. The summed E-state index contributed by atoms with van der Waals surface area (Å²) in [5, 5.41) is 20.7. The minimum Gasteiger partial charge on any atom is -0.497 e. The second kappa shape index (κ2) is 8.63. The van der Waals surface area contributed by atoms with E-state index >= 15 is 0 Å². The van der Waals surface area contributed by atoms with Crippen molar-refractivity contribution in [3.05, 3.63) is 59.7 Å². The number of hydrogen-bond donors (Lipinski definition) is 2. The molecule has 0 saturated carbocycles. The van der Waals surface area contributed by atoms with Crippen molar-refractivity contribution in [1.82, 2.24) is 4.90 Å². The summed E-state index contributed by atoms with van der Waals surface area (Å²) in [5.74, 6) is 0.428. The molecule has 1 heterocycles. The van der Waals surface area contributed by atoms with E-state index in [1.807, 2.05) is 42.5 Å². The van der Waals surface area contributed by atoms with Crippen molar-refractivity contribution in [2.75, 3.05) is 27.3 Å². The van der Waals surface area contributed by atoms with E-state index < -0.39 is 17.5 Å². The summed E-state index contributed by atoms with van der Waals surface area (Å²) >= 11 is 0. The van der Waals surface area contributed by atoms with E-state index in [-0.39, 0.29) is 6.54 Å². The Hall–Kier alpha value is -2.57. The van der Waals surface area contributed by atoms with Gasteiger partial charge in [-0.05, 0) is 36.1 Å². The highest BCUT2D eigenvalue weighted by molar-refractivity contribution is 5.76. The van der Waals surface area contributed by atoms with Gasteiger partial charge < -0.3 is 19.7 Å². The highest BCUT2D eigenvalue weighted by Crippen LogP contribution is 2.36. The fraction of sp³-hybridized carbons (Fsp3) is 0.409. The Labute approximate surface area is 165 Å². The summed E-state index contributed by atoms with van der Waals surface area (Å²) in [4.78, 5) is 14.3. The molecule has 0 bridgehead atoms. The third-order valence-electron chi connectivity index (χ3n) is 5.47. The third kappa shape index (κ3) is 4.29. The summed E-state index contributed by atoms with van der Waals surface area (Å²) in [5.41, 5.74) is 0.656. The van der Waals surface area contributed by atoms with E-state index in [4.69, 9.17) is 9.47 Å². The third-order valence-corrected chi connectivity index (χ3v) is 5.47. The average molecular weight is 385 g/mol. The standard InChI is InChI=1S/C22H27NO5/c1-27-18-10-17(11-19(12-18)28-2)14-23-9-8-20(24)22(15-23,21(25)26)13-16-6-4-3-5-7-16/h3-7,10-12,20,24H,8-9,13-15H2,1-2H3,(H,25,26)/t20-,22-/m1/s1. The second-order valence-electron chi connectivity index (χ2n) is 7.36. The number of carbonyl (C=O) groups is 1. The molecule has 1 fully saturated rings. The molecule has 0 spiro atoms. The van der Waals surface area contributed by atoms with Gasteiger partial charge >= 0.3 is 5.97 Å². The van der Waals surface area contributed by atoms with Crippen molar-refractivity contribution in [2.45, 2.75) is 25.5 Å². The zero-order valence-corrected chi connectivity index (χ0v) is 16.3. The van der Waals surface area contributed by atoms with Gasteiger partial charge in [0.25, 0.3) is 0 Å². The fourth-order valence-electron chi connectivity index (χ4n) is 3.94. The molecule has 1 saturated heterocycles. The quantitative estimate of drug-likeness (QED) is 0.763. The first-order valence-corrected chi connectivity index (χ1v) is 9.36. The summed E-state index contributed by atoms with van der Waals surface area (Å²) < 4.78 is 10.7. The smallest absolute Gasteiger partial charge is 0.313 e. The Balaban J connectivity index is 1.83. The molecule has 6 heteroatoms. The lowest BCUT2D eigenvalue weighted by Crippen LogP contribution is -2.56. The number of ether oxygens (including phenoxy) is 2. The molecule has 6 nitrogen and oxygen atoms in total. The van der Waals surface area contributed by atoms with Crippen molar-refractivity contribution in [3.8, 4) is 11.5 Å². The van der Waals surface area contributed by atoms with E-state index in [2.05, 4.69) is 4.90 Å². The van der Waals surface area contributed by atoms with Crippen LogP contribution in [0, 0.1) is 5.41 Å². The Morgan fingerprint density at radius 1 is 1.11 bits per heavy atom. The zero-order chi connectivity index (χ0) is 20.1. The second-order valence-corrected chi connectivity index (χ2v) is 7.36. The fourth-order valence-corrected chi connectivity index (χ4v) is 3.94. The molecule has 150 valence electrons. The molecule has 2 aromatic carbocycles. The monoisotopic (exact) mass is 385 g/mol. The maximum absolute atomic E-state index is 12.3. The first-order chi connectivity index (χ1) is 13.5. The average Bonchev–Trinajstić information content (AvgIpc) is 2.70. The van der Waals surface area contributed by atoms with E-state index in [0.717, 1.165) is 11.1 Å². The highest BCUT2D eigenvalue weighted by atomic mass is 16.5. The maximum Gasteiger partial charge on any atom is 0.313 e. The van der Waals surface area contributed by atoms with Crippen LogP contribution >= 0.6 is 0 Å². The molecule has 28 heavy (non-hydrogen) atoms. The zero-order valence-electron chi connectivity index (χ0n) is 16.3. The number of benzene rings is 2. The van der Waals surface area contributed by atoms with Crippen LogP contribution in [0.4, 0.5) is 0 Å². The van der Waals surface area contributed by atoms with Gasteiger partial charge in [-0.25, -0.2) is 0 Å². The lowest BCUT2D eigenvalue weighted by atomic mass is 9.72. The Bertz CT molecular complexity index is 788. The molecule has 0 aromatic heterocycles. The molecule has 1 aliphatic rings. The number of nitrogens with zero attached hydrogens (tertiary/aromatic N) is 1. The van der Waals surface area contributed by atoms with Gasteiger partial charge in [0.2, 0.25) is 0 Å². The molecule has 2 aromatic rings. The summed E-state index contributed by atoms with van der Waals surface area (Å²) in [6.07, 6.45) is -0.177. The lowest BCUT2D eigenvalue weighted by molar-refractivity contribution is -0.163. The SMILES string of the molecule is COc1cc(CN2CC[C@@H](O)[C@](Cc3ccccc3)(C(=O)O)C2)cc(OC)c1. The van der Waals surface area contributed by atoms with Crippen LogP contribution in [-0.2, 0) is 17.8 Å². The maximum atomic E-state index is 12.3. The number of aliphatic hydroxyl groups excluding tert-OH is 1. The highest BCUT2D eigenvalue weighted by Gasteiger charge is 2.49. The number of aliphatic hydroxyl groups is 1. The van der Waals surface area contributed by atoms with Gasteiger partial charge in [0, 0.05) is 25.7 Å². The molecule has 1 aliphatic heterocycles. The Morgan fingerprint density at radius 2 is 1.75 bits per heavy atom. The first kappa shape index (κ1) is 20.2. The van der Waals surface area contributed by atoms with Crippen LogP contribution < -0.4 is 9.47 Å². The molecule has 2 N–H and O–H groups in total. The van der Waals surface area contributed by atoms with Crippen LogP contribution in [0.25, 0.3) is 0 Å². The summed E-state index contributed by atoms with van der Waals surface area (Å²) in [6, 6.07) is 15.1. The normalized spacial score (nSPS) is 22.6. The van der Waals surface area contributed by atoms with Crippen LogP contribution in [0.1, 0.15) is 17.5 Å². The molecule has 0 unspecified atom stereocenters. The molecule has 0 radical (unpaired) electrons. The molecule has 3 rings (SSSR count). The van der Waals surface area contributed by atoms with E-state index in [1.165, 1.54) is 0 Å². The van der Waals surface area contributed by atoms with Gasteiger partial charge in [-0.15, -0.1) is 0 Å². The van der Waals surface area contributed by atoms with E-state index in [9.17, 15) is 15.0 Å². The number of carboxylic acids is 1. The predicted octanol–water partition coefficient (Wildman–Crippen LogP) is 2.58. The van der Waals surface area contributed by atoms with Gasteiger partial charge in [-0.1, -0.05) is 30.3 Å². The summed E-state index contributed by atoms with van der Waals surface area (Å²) in [6.45, 7) is 1.46. The number of aliphatic carboxylic acids is 1. The molecule has 0 amide bonds. The molecular formula is C22H27NO5. The van der Waals surface area contributed by atoms with Crippen LogP contribution in [0.3, 0.4) is 0 Å². The van der Waals surface area contributed by atoms with Gasteiger partial charge in [0.05, 0.1) is 20.3 Å². The number of rotatable bonds is 7. The molecule has 2 atom stereocenters. The number of hydrogen-bond acceptors (Lipinski definition) is 5. The van der Waals surface area contributed by atoms with Crippen molar-refractivity contribution < 1.29 is 24.5 Å². The number of methoxy groups -OCH3 is 2.